The third kappa shape index (κ3) is 3.16. The van der Waals surface area contributed by atoms with Crippen LogP contribution in [0.25, 0.3) is 0 Å². The molecule has 3 atom stereocenters. The summed E-state index contributed by atoms with van der Waals surface area (Å²) in [5.74, 6) is 2.78. The van der Waals surface area contributed by atoms with Gasteiger partial charge in [0.05, 0.1) is 6.04 Å². The summed E-state index contributed by atoms with van der Waals surface area (Å²) in [4.78, 5) is 4.88. The molecule has 0 aromatic rings. The van der Waals surface area contributed by atoms with Crippen molar-refractivity contribution in [2.45, 2.75) is 58.5 Å². The average Bonchev–Trinajstić information content (AvgIpc) is 2.77. The zero-order chi connectivity index (χ0) is 11.5. The Hall–Kier alpha value is -0.180. The van der Waals surface area contributed by atoms with Gasteiger partial charge < -0.3 is 5.32 Å². The smallest absolute Gasteiger partial charge is 0.157 e. The van der Waals surface area contributed by atoms with Crippen molar-refractivity contribution in [2.24, 2.45) is 16.8 Å². The third-order valence-corrected chi connectivity index (χ3v) is 4.67. The highest BCUT2D eigenvalue weighted by molar-refractivity contribution is 8.14. The molecule has 0 amide bonds. The van der Waals surface area contributed by atoms with Crippen molar-refractivity contribution < 1.29 is 0 Å². The Labute approximate surface area is 104 Å². The van der Waals surface area contributed by atoms with Crippen molar-refractivity contribution in [3.63, 3.8) is 0 Å². The van der Waals surface area contributed by atoms with Gasteiger partial charge in [-0.25, -0.2) is 0 Å². The SMILES string of the molecule is CC(C)CC1CSC(=NC2CCCC2C)N1. The molecule has 0 radical (unpaired) electrons. The summed E-state index contributed by atoms with van der Waals surface area (Å²) < 4.78 is 0. The van der Waals surface area contributed by atoms with E-state index < -0.39 is 0 Å². The fraction of sp³-hybridized carbons (Fsp3) is 0.923. The van der Waals surface area contributed by atoms with Crippen molar-refractivity contribution in [2.75, 3.05) is 5.75 Å². The van der Waals surface area contributed by atoms with Crippen molar-refractivity contribution in [3.05, 3.63) is 0 Å². The number of thioether (sulfide) groups is 1. The summed E-state index contributed by atoms with van der Waals surface area (Å²) in [6.07, 6.45) is 5.29. The Bertz CT molecular complexity index is 263. The summed E-state index contributed by atoms with van der Waals surface area (Å²) in [7, 11) is 0. The number of nitrogens with one attached hydrogen (secondary N) is 1. The van der Waals surface area contributed by atoms with E-state index in [9.17, 15) is 0 Å². The van der Waals surface area contributed by atoms with Crippen LogP contribution in [0.2, 0.25) is 0 Å². The number of amidine groups is 1. The van der Waals surface area contributed by atoms with Gasteiger partial charge in [-0.1, -0.05) is 39.0 Å². The minimum atomic E-state index is 0.591. The van der Waals surface area contributed by atoms with Crippen LogP contribution in [0.3, 0.4) is 0 Å². The lowest BCUT2D eigenvalue weighted by Crippen LogP contribution is -2.29. The zero-order valence-electron chi connectivity index (χ0n) is 10.7. The molecule has 1 saturated carbocycles. The summed E-state index contributed by atoms with van der Waals surface area (Å²) in [5, 5.41) is 4.80. The first kappa shape index (κ1) is 12.3. The molecule has 2 fully saturated rings. The summed E-state index contributed by atoms with van der Waals surface area (Å²) in [6, 6.07) is 1.24. The van der Waals surface area contributed by atoms with Gasteiger partial charge in [-0.15, -0.1) is 0 Å². The highest BCUT2D eigenvalue weighted by Crippen LogP contribution is 2.29. The van der Waals surface area contributed by atoms with Crippen molar-refractivity contribution in [1.82, 2.24) is 5.32 Å². The predicted octanol–water partition coefficient (Wildman–Crippen LogP) is 3.28. The lowest BCUT2D eigenvalue weighted by Gasteiger charge is -2.14. The molecule has 2 rings (SSSR count). The second kappa shape index (κ2) is 5.44. The van der Waals surface area contributed by atoms with Crippen LogP contribution in [0, 0.1) is 11.8 Å². The minimum absolute atomic E-state index is 0.591. The number of hydrogen-bond donors (Lipinski definition) is 1. The van der Waals surface area contributed by atoms with E-state index in [0.29, 0.717) is 12.1 Å². The number of rotatable bonds is 3. The van der Waals surface area contributed by atoms with Gasteiger partial charge in [0.25, 0.3) is 0 Å². The molecule has 2 aliphatic rings. The van der Waals surface area contributed by atoms with Crippen LogP contribution >= 0.6 is 11.8 Å². The Morgan fingerprint density at radius 1 is 1.44 bits per heavy atom. The van der Waals surface area contributed by atoms with Gasteiger partial charge in [0.2, 0.25) is 0 Å². The van der Waals surface area contributed by atoms with Crippen LogP contribution in [-0.4, -0.2) is 23.0 Å². The van der Waals surface area contributed by atoms with E-state index in [2.05, 4.69) is 26.1 Å². The van der Waals surface area contributed by atoms with Gasteiger partial charge in [0.1, 0.15) is 0 Å². The molecule has 1 saturated heterocycles. The van der Waals surface area contributed by atoms with Crippen molar-refractivity contribution in [3.8, 4) is 0 Å². The average molecular weight is 240 g/mol. The Kier molecular flexibility index (Phi) is 4.17. The highest BCUT2D eigenvalue weighted by atomic mass is 32.2. The second-order valence-electron chi connectivity index (χ2n) is 5.69. The van der Waals surface area contributed by atoms with E-state index in [4.69, 9.17) is 4.99 Å². The molecule has 0 bridgehead atoms. The summed E-state index contributed by atoms with van der Waals surface area (Å²) in [5.41, 5.74) is 0. The first-order valence-electron chi connectivity index (χ1n) is 6.62. The summed E-state index contributed by atoms with van der Waals surface area (Å²) >= 11 is 1.92. The Morgan fingerprint density at radius 2 is 2.25 bits per heavy atom. The van der Waals surface area contributed by atoms with Gasteiger partial charge in [-0.3, -0.25) is 4.99 Å². The molecule has 16 heavy (non-hydrogen) atoms. The molecule has 3 unspecified atom stereocenters. The number of aliphatic imine (C=N–C) groups is 1. The maximum Gasteiger partial charge on any atom is 0.157 e. The maximum atomic E-state index is 4.88. The van der Waals surface area contributed by atoms with Gasteiger partial charge in [-0.2, -0.15) is 0 Å². The largest absolute Gasteiger partial charge is 0.361 e. The topological polar surface area (TPSA) is 24.4 Å². The zero-order valence-corrected chi connectivity index (χ0v) is 11.5. The monoisotopic (exact) mass is 240 g/mol. The quantitative estimate of drug-likeness (QED) is 0.818. The van der Waals surface area contributed by atoms with Crippen LogP contribution in [-0.2, 0) is 0 Å². The van der Waals surface area contributed by atoms with Crippen molar-refractivity contribution >= 4 is 16.9 Å². The van der Waals surface area contributed by atoms with E-state index in [-0.39, 0.29) is 0 Å². The fourth-order valence-electron chi connectivity index (χ4n) is 2.68. The lowest BCUT2D eigenvalue weighted by molar-refractivity contribution is 0.497. The van der Waals surface area contributed by atoms with Crippen LogP contribution in [0.4, 0.5) is 0 Å². The minimum Gasteiger partial charge on any atom is -0.361 e. The van der Waals surface area contributed by atoms with Crippen LogP contribution in [0.1, 0.15) is 46.5 Å². The molecule has 0 spiro atoms. The second-order valence-corrected chi connectivity index (χ2v) is 6.70. The maximum absolute atomic E-state index is 4.88. The van der Waals surface area contributed by atoms with Gasteiger partial charge >= 0.3 is 0 Å². The standard InChI is InChI=1S/C13H24N2S/c1-9(2)7-11-8-16-13(14-11)15-12-6-4-5-10(12)3/h9-12H,4-8H2,1-3H3,(H,14,15). The Balaban J connectivity index is 1.85. The van der Waals surface area contributed by atoms with Crippen LogP contribution in [0.5, 0.6) is 0 Å². The molecule has 2 nitrogen and oxygen atoms in total. The van der Waals surface area contributed by atoms with Gasteiger partial charge in [0, 0.05) is 11.8 Å². The number of hydrogen-bond acceptors (Lipinski definition) is 2. The molecule has 1 N–H and O–H groups in total. The predicted molar refractivity (Wildman–Crippen MR) is 73.1 cm³/mol. The molecule has 0 aromatic carbocycles. The van der Waals surface area contributed by atoms with Crippen LogP contribution in [0.15, 0.2) is 4.99 Å². The molecule has 1 heterocycles. The van der Waals surface area contributed by atoms with Gasteiger partial charge in [-0.05, 0) is 31.1 Å². The van der Waals surface area contributed by atoms with Gasteiger partial charge in [0.15, 0.2) is 5.17 Å². The molecule has 0 aromatic heterocycles. The highest BCUT2D eigenvalue weighted by Gasteiger charge is 2.26. The van der Waals surface area contributed by atoms with Crippen molar-refractivity contribution in [1.29, 1.82) is 0 Å². The van der Waals surface area contributed by atoms with E-state index in [1.54, 1.807) is 0 Å². The van der Waals surface area contributed by atoms with E-state index in [1.807, 2.05) is 11.8 Å². The van der Waals surface area contributed by atoms with Crippen LogP contribution < -0.4 is 5.32 Å². The number of nitrogens with zero attached hydrogens (tertiary/aromatic N) is 1. The molecule has 3 heteroatoms. The molecular weight excluding hydrogens is 216 g/mol. The first-order valence-corrected chi connectivity index (χ1v) is 7.61. The first-order chi connectivity index (χ1) is 7.65. The van der Waals surface area contributed by atoms with E-state index in [1.165, 1.54) is 36.6 Å². The lowest BCUT2D eigenvalue weighted by atomic mass is 10.1. The summed E-state index contributed by atoms with van der Waals surface area (Å²) in [6.45, 7) is 6.92. The fourth-order valence-corrected chi connectivity index (χ4v) is 3.71. The molecule has 1 aliphatic carbocycles. The molecular formula is C13H24N2S. The molecule has 92 valence electrons. The molecule has 1 aliphatic heterocycles. The Morgan fingerprint density at radius 3 is 2.88 bits per heavy atom. The van der Waals surface area contributed by atoms with E-state index >= 15 is 0 Å². The van der Waals surface area contributed by atoms with E-state index in [0.717, 1.165) is 11.8 Å². The normalized spacial score (nSPS) is 37.2. The third-order valence-electron chi connectivity index (χ3n) is 3.60.